The molecule has 10 heteroatoms. The Hall–Kier alpha value is -1.69. The van der Waals surface area contributed by atoms with Gasteiger partial charge in [0.25, 0.3) is 0 Å². The average molecular weight is 548 g/mol. The first-order valence-electron chi connectivity index (χ1n) is 9.87. The van der Waals surface area contributed by atoms with E-state index in [-0.39, 0.29) is 36.0 Å². The summed E-state index contributed by atoms with van der Waals surface area (Å²) in [7, 11) is 1.74. The number of carbonyl (C=O) groups is 1. The molecule has 0 amide bonds. The molecule has 2 rings (SSSR count). The molecule has 2 aromatic heterocycles. The normalized spacial score (nSPS) is 13.4. The monoisotopic (exact) mass is 548 g/mol. The Bertz CT molecular complexity index is 864. The Morgan fingerprint density at radius 1 is 1.33 bits per heavy atom. The van der Waals surface area contributed by atoms with E-state index in [0.29, 0.717) is 29.1 Å². The molecule has 0 aromatic carbocycles. The van der Waals surface area contributed by atoms with Crippen LogP contribution in [-0.2, 0) is 11.3 Å². The summed E-state index contributed by atoms with van der Waals surface area (Å²) in [5, 5.41) is 12.1. The highest BCUT2D eigenvalue weighted by atomic mass is 127. The molecule has 0 saturated carbocycles. The first-order chi connectivity index (χ1) is 13.7. The fourth-order valence-corrected chi connectivity index (χ4v) is 3.90. The number of thiazole rings is 1. The van der Waals surface area contributed by atoms with Crippen LogP contribution < -0.4 is 10.6 Å². The molecular weight excluding hydrogens is 515 g/mol. The number of aromatic nitrogens is 3. The number of aliphatic imine (C=N–C) groups is 1. The number of halogens is 1. The van der Waals surface area contributed by atoms with Crippen LogP contribution in [0.5, 0.6) is 0 Å². The number of carbonyl (C=O) groups excluding carboxylic acids is 1. The zero-order valence-electron chi connectivity index (χ0n) is 18.8. The second kappa shape index (κ2) is 12.2. The van der Waals surface area contributed by atoms with Gasteiger partial charge in [-0.25, -0.2) is 9.78 Å². The molecule has 2 N–H and O–H groups in total. The molecular formula is C20H33IN6O2S. The number of esters is 1. The predicted molar refractivity (Wildman–Crippen MR) is 132 cm³/mol. The van der Waals surface area contributed by atoms with Crippen molar-refractivity contribution in [3.05, 3.63) is 33.0 Å². The molecule has 0 aliphatic heterocycles. The van der Waals surface area contributed by atoms with Gasteiger partial charge in [-0.15, -0.1) is 35.3 Å². The summed E-state index contributed by atoms with van der Waals surface area (Å²) in [6, 6.07) is 2.00. The summed E-state index contributed by atoms with van der Waals surface area (Å²) in [4.78, 5) is 21.4. The highest BCUT2D eigenvalue weighted by Gasteiger charge is 2.20. The second-order valence-electron chi connectivity index (χ2n) is 7.22. The minimum atomic E-state index is -0.318. The topological polar surface area (TPSA) is 93.4 Å². The van der Waals surface area contributed by atoms with E-state index in [1.54, 1.807) is 14.0 Å². The highest BCUT2D eigenvalue weighted by Crippen LogP contribution is 2.24. The lowest BCUT2D eigenvalue weighted by molar-refractivity contribution is 0.0531. The maximum Gasteiger partial charge on any atom is 0.350 e. The van der Waals surface area contributed by atoms with E-state index < -0.39 is 0 Å². The van der Waals surface area contributed by atoms with Crippen molar-refractivity contribution in [2.24, 2.45) is 10.9 Å². The number of hydrogen-bond donors (Lipinski definition) is 2. The highest BCUT2D eigenvalue weighted by molar-refractivity contribution is 14.0. The van der Waals surface area contributed by atoms with Gasteiger partial charge in [-0.05, 0) is 46.6 Å². The number of guanidine groups is 1. The van der Waals surface area contributed by atoms with E-state index in [9.17, 15) is 4.79 Å². The average Bonchev–Trinajstić information content (AvgIpc) is 3.20. The summed E-state index contributed by atoms with van der Waals surface area (Å²) >= 11 is 1.36. The van der Waals surface area contributed by atoms with E-state index >= 15 is 0 Å². The standard InChI is InChI=1S/C20H32N6O2S.HI/c1-8-28-19(27)17-15(5)23-18(29-17)16(6)24-20(21-7)22-10-12(2)11-26-14(4)9-13(3)25-26;/h9,12,16H,8,10-11H2,1-7H3,(H2,21,22,24);1H. The number of aryl methyl sites for hydroxylation is 3. The molecule has 2 heterocycles. The summed E-state index contributed by atoms with van der Waals surface area (Å²) < 4.78 is 7.13. The lowest BCUT2D eigenvalue weighted by Crippen LogP contribution is -2.41. The Labute approximate surface area is 199 Å². The Morgan fingerprint density at radius 3 is 2.60 bits per heavy atom. The third-order valence-corrected chi connectivity index (χ3v) is 5.75. The van der Waals surface area contributed by atoms with Crippen molar-refractivity contribution in [2.75, 3.05) is 20.2 Å². The summed E-state index contributed by atoms with van der Waals surface area (Å²) in [6.07, 6.45) is 0. The van der Waals surface area contributed by atoms with Crippen LogP contribution in [0.25, 0.3) is 0 Å². The van der Waals surface area contributed by atoms with Gasteiger partial charge in [-0.2, -0.15) is 5.10 Å². The van der Waals surface area contributed by atoms with Crippen molar-refractivity contribution in [1.29, 1.82) is 0 Å². The smallest absolute Gasteiger partial charge is 0.350 e. The van der Waals surface area contributed by atoms with Crippen LogP contribution in [-0.4, -0.2) is 46.9 Å². The number of nitrogens with one attached hydrogen (secondary N) is 2. The molecule has 8 nitrogen and oxygen atoms in total. The zero-order valence-corrected chi connectivity index (χ0v) is 21.9. The molecule has 2 aromatic rings. The fourth-order valence-electron chi connectivity index (χ4n) is 2.94. The molecule has 168 valence electrons. The van der Waals surface area contributed by atoms with Crippen LogP contribution in [0.1, 0.15) is 58.6 Å². The van der Waals surface area contributed by atoms with Crippen LogP contribution in [0, 0.1) is 26.7 Å². The minimum Gasteiger partial charge on any atom is -0.462 e. The van der Waals surface area contributed by atoms with Crippen LogP contribution in [0.15, 0.2) is 11.1 Å². The number of nitrogens with zero attached hydrogens (tertiary/aromatic N) is 4. The maximum atomic E-state index is 12.0. The van der Waals surface area contributed by atoms with Gasteiger partial charge in [0.2, 0.25) is 0 Å². The van der Waals surface area contributed by atoms with Crippen LogP contribution >= 0.6 is 35.3 Å². The van der Waals surface area contributed by atoms with Crippen LogP contribution in [0.2, 0.25) is 0 Å². The molecule has 2 unspecified atom stereocenters. The lowest BCUT2D eigenvalue weighted by Gasteiger charge is -2.19. The molecule has 0 aliphatic rings. The lowest BCUT2D eigenvalue weighted by atomic mass is 10.2. The molecule has 0 radical (unpaired) electrons. The number of rotatable bonds is 8. The van der Waals surface area contributed by atoms with Crippen LogP contribution in [0.4, 0.5) is 0 Å². The van der Waals surface area contributed by atoms with E-state index in [1.165, 1.54) is 17.0 Å². The predicted octanol–water partition coefficient (Wildman–Crippen LogP) is 3.62. The van der Waals surface area contributed by atoms with E-state index in [4.69, 9.17) is 4.74 Å². The number of ether oxygens (including phenoxy) is 1. The molecule has 30 heavy (non-hydrogen) atoms. The quantitative estimate of drug-likeness (QED) is 0.227. The maximum absolute atomic E-state index is 12.0. The number of hydrogen-bond acceptors (Lipinski definition) is 6. The van der Waals surface area contributed by atoms with Gasteiger partial charge in [-0.3, -0.25) is 9.67 Å². The van der Waals surface area contributed by atoms with Gasteiger partial charge in [0.1, 0.15) is 9.88 Å². The largest absolute Gasteiger partial charge is 0.462 e. The third kappa shape index (κ3) is 7.22. The Balaban J connectivity index is 0.00000450. The van der Waals surface area contributed by atoms with E-state index in [2.05, 4.69) is 45.6 Å². The zero-order chi connectivity index (χ0) is 21.6. The Morgan fingerprint density at radius 2 is 2.03 bits per heavy atom. The summed E-state index contributed by atoms with van der Waals surface area (Å²) in [5.41, 5.74) is 2.90. The SMILES string of the molecule is CCOC(=O)c1sc(C(C)NC(=NC)NCC(C)Cn2nc(C)cc2C)nc1C.I. The van der Waals surface area contributed by atoms with Crippen molar-refractivity contribution >= 4 is 47.2 Å². The van der Waals surface area contributed by atoms with E-state index in [0.717, 1.165) is 23.8 Å². The third-order valence-electron chi connectivity index (χ3n) is 4.43. The van der Waals surface area contributed by atoms with E-state index in [1.807, 2.05) is 25.5 Å². The summed E-state index contributed by atoms with van der Waals surface area (Å²) in [5.74, 6) is 0.754. The van der Waals surface area contributed by atoms with Gasteiger partial charge in [0.05, 0.1) is 24.0 Å². The van der Waals surface area contributed by atoms with Crippen molar-refractivity contribution in [2.45, 2.75) is 54.1 Å². The molecule has 0 spiro atoms. The second-order valence-corrected chi connectivity index (χ2v) is 8.25. The van der Waals surface area contributed by atoms with Gasteiger partial charge < -0.3 is 15.4 Å². The van der Waals surface area contributed by atoms with Crippen molar-refractivity contribution < 1.29 is 9.53 Å². The minimum absolute atomic E-state index is 0. The van der Waals surface area contributed by atoms with Crippen molar-refractivity contribution in [3.63, 3.8) is 0 Å². The van der Waals surface area contributed by atoms with Gasteiger partial charge in [-0.1, -0.05) is 6.92 Å². The molecule has 0 saturated heterocycles. The first-order valence-corrected chi connectivity index (χ1v) is 10.7. The Kier molecular flexibility index (Phi) is 10.7. The summed E-state index contributed by atoms with van der Waals surface area (Å²) in [6.45, 7) is 13.8. The molecule has 2 atom stereocenters. The van der Waals surface area contributed by atoms with Gasteiger partial charge >= 0.3 is 5.97 Å². The van der Waals surface area contributed by atoms with Crippen molar-refractivity contribution in [1.82, 2.24) is 25.4 Å². The molecule has 0 fully saturated rings. The first kappa shape index (κ1) is 26.3. The molecule has 0 aliphatic carbocycles. The van der Waals surface area contributed by atoms with Gasteiger partial charge in [0.15, 0.2) is 5.96 Å². The van der Waals surface area contributed by atoms with Gasteiger partial charge in [0, 0.05) is 25.8 Å². The van der Waals surface area contributed by atoms with Crippen molar-refractivity contribution in [3.8, 4) is 0 Å². The fraction of sp³-hybridized carbons (Fsp3) is 0.600. The van der Waals surface area contributed by atoms with Crippen LogP contribution in [0.3, 0.4) is 0 Å². The molecule has 0 bridgehead atoms.